The van der Waals surface area contributed by atoms with Gasteiger partial charge < -0.3 is 5.32 Å². The lowest BCUT2D eigenvalue weighted by molar-refractivity contribution is -0.118. The van der Waals surface area contributed by atoms with E-state index in [1.807, 2.05) is 17.0 Å². The summed E-state index contributed by atoms with van der Waals surface area (Å²) in [6.45, 7) is 5.44. The van der Waals surface area contributed by atoms with Crippen LogP contribution in [0.3, 0.4) is 0 Å². The van der Waals surface area contributed by atoms with Crippen LogP contribution in [0.5, 0.6) is 0 Å². The van der Waals surface area contributed by atoms with Gasteiger partial charge in [-0.15, -0.1) is 0 Å². The molecule has 0 radical (unpaired) electrons. The number of benzene rings is 1. The number of hydrogen-bond acceptors (Lipinski definition) is 4. The number of halogens is 1. The quantitative estimate of drug-likeness (QED) is 0.721. The van der Waals surface area contributed by atoms with Gasteiger partial charge in [-0.3, -0.25) is 9.48 Å². The maximum atomic E-state index is 12.4. The Bertz CT molecular complexity index is 1010. The van der Waals surface area contributed by atoms with Crippen molar-refractivity contribution in [2.24, 2.45) is 5.92 Å². The van der Waals surface area contributed by atoms with Crippen molar-refractivity contribution >= 4 is 32.9 Å². The van der Waals surface area contributed by atoms with Gasteiger partial charge in [0.05, 0.1) is 16.8 Å². The number of sulfone groups is 1. The molecule has 1 amide bonds. The third-order valence-corrected chi connectivity index (χ3v) is 6.68. The van der Waals surface area contributed by atoms with Crippen LogP contribution in [0.25, 0.3) is 5.57 Å². The van der Waals surface area contributed by atoms with Gasteiger partial charge in [-0.2, -0.15) is 5.10 Å². The number of aryl methyl sites for hydroxylation is 1. The predicted octanol–water partition coefficient (Wildman–Crippen LogP) is 3.50. The van der Waals surface area contributed by atoms with E-state index >= 15 is 0 Å². The van der Waals surface area contributed by atoms with Crippen LogP contribution in [-0.4, -0.2) is 36.4 Å². The van der Waals surface area contributed by atoms with E-state index in [1.54, 1.807) is 0 Å². The molecule has 0 bridgehead atoms. The Labute approximate surface area is 176 Å². The van der Waals surface area contributed by atoms with Crippen molar-refractivity contribution in [2.45, 2.75) is 44.6 Å². The molecule has 1 aliphatic carbocycles. The molecular formula is C21H26ClN3O3S. The molecule has 0 spiro atoms. The second-order valence-electron chi connectivity index (χ2n) is 7.69. The van der Waals surface area contributed by atoms with Gasteiger partial charge in [0.15, 0.2) is 9.84 Å². The molecule has 1 N–H and O–H groups in total. The van der Waals surface area contributed by atoms with Crippen LogP contribution in [0.15, 0.2) is 41.4 Å². The highest BCUT2D eigenvalue weighted by molar-refractivity contribution is 7.92. The number of nitrogens with one attached hydrogen (secondary N) is 1. The lowest BCUT2D eigenvalue weighted by atomic mass is 9.92. The summed E-state index contributed by atoms with van der Waals surface area (Å²) in [5.41, 5.74) is 3.54. The Kier molecular flexibility index (Phi) is 6.80. The fourth-order valence-corrected chi connectivity index (χ4v) is 4.78. The van der Waals surface area contributed by atoms with E-state index in [-0.39, 0.29) is 11.4 Å². The molecular weight excluding hydrogens is 410 g/mol. The topological polar surface area (TPSA) is 81.1 Å². The molecule has 6 nitrogen and oxygen atoms in total. The summed E-state index contributed by atoms with van der Waals surface area (Å²) in [4.78, 5) is 12.3. The maximum absolute atomic E-state index is 12.4. The summed E-state index contributed by atoms with van der Waals surface area (Å²) in [5.74, 6) is -0.627. The molecule has 0 unspecified atom stereocenters. The fourth-order valence-electron chi connectivity index (χ4n) is 3.49. The molecule has 1 aromatic carbocycles. The molecule has 0 aliphatic heterocycles. The van der Waals surface area contributed by atoms with E-state index in [1.165, 1.54) is 29.8 Å². The van der Waals surface area contributed by atoms with Gasteiger partial charge in [-0.1, -0.05) is 31.5 Å². The second-order valence-corrected chi connectivity index (χ2v) is 10.1. The van der Waals surface area contributed by atoms with Crippen molar-refractivity contribution in [1.82, 2.24) is 15.1 Å². The molecule has 0 saturated carbocycles. The van der Waals surface area contributed by atoms with E-state index in [9.17, 15) is 13.2 Å². The zero-order chi connectivity index (χ0) is 21.0. The Morgan fingerprint density at radius 3 is 2.69 bits per heavy atom. The standard InChI is InChI=1S/C21H26ClN3O3S/c1-15(2)13-25-21-16(4-3-5-17(21)12-24-25)10-11-23-20(26)14-29(27,28)19-8-6-18(22)7-9-19/h6-10,12,15H,3-5,11,13-14H2,1-2H3,(H,23,26)/b16-10+. The minimum Gasteiger partial charge on any atom is -0.352 e. The van der Waals surface area contributed by atoms with Crippen molar-refractivity contribution < 1.29 is 13.2 Å². The maximum Gasteiger partial charge on any atom is 0.235 e. The number of carbonyl (C=O) groups is 1. The van der Waals surface area contributed by atoms with Crippen molar-refractivity contribution in [3.63, 3.8) is 0 Å². The fraction of sp³-hybridized carbons (Fsp3) is 0.429. The van der Waals surface area contributed by atoms with Gasteiger partial charge in [-0.25, -0.2) is 8.42 Å². The molecule has 29 heavy (non-hydrogen) atoms. The molecule has 0 atom stereocenters. The summed E-state index contributed by atoms with van der Waals surface area (Å²) in [5, 5.41) is 7.67. The molecule has 1 aromatic heterocycles. The van der Waals surface area contributed by atoms with Gasteiger partial charge in [0.1, 0.15) is 5.75 Å². The zero-order valence-corrected chi connectivity index (χ0v) is 18.3. The lowest BCUT2D eigenvalue weighted by Gasteiger charge is -2.19. The van der Waals surface area contributed by atoms with E-state index in [4.69, 9.17) is 11.6 Å². The highest BCUT2D eigenvalue weighted by atomic mass is 35.5. The van der Waals surface area contributed by atoms with Crippen LogP contribution in [0.1, 0.15) is 37.9 Å². The molecule has 1 aliphatic rings. The normalized spacial score (nSPS) is 15.5. The van der Waals surface area contributed by atoms with Crippen molar-refractivity contribution in [1.29, 1.82) is 0 Å². The lowest BCUT2D eigenvalue weighted by Crippen LogP contribution is -2.30. The number of rotatable bonds is 7. The van der Waals surface area contributed by atoms with E-state index in [0.717, 1.165) is 37.1 Å². The number of carbonyl (C=O) groups excluding carboxylic acids is 1. The first-order valence-electron chi connectivity index (χ1n) is 9.75. The third kappa shape index (κ3) is 5.48. The first-order chi connectivity index (χ1) is 13.8. The Hall–Kier alpha value is -2.12. The van der Waals surface area contributed by atoms with Gasteiger partial charge in [0, 0.05) is 18.1 Å². The average molecular weight is 436 g/mol. The summed E-state index contributed by atoms with van der Waals surface area (Å²) < 4.78 is 26.8. The Morgan fingerprint density at radius 2 is 2.00 bits per heavy atom. The SMILES string of the molecule is CC(C)Cn1ncc2c1/C(=C/CNC(=O)CS(=O)(=O)c1ccc(Cl)cc1)CCC2. The number of hydrogen-bond donors (Lipinski definition) is 1. The van der Waals surface area contributed by atoms with Crippen molar-refractivity contribution in [3.8, 4) is 0 Å². The first kappa shape index (κ1) is 21.6. The van der Waals surface area contributed by atoms with E-state index in [2.05, 4.69) is 24.3 Å². The van der Waals surface area contributed by atoms with Crippen LogP contribution in [0, 0.1) is 5.92 Å². The summed E-state index contributed by atoms with van der Waals surface area (Å²) in [6.07, 6.45) is 6.89. The summed E-state index contributed by atoms with van der Waals surface area (Å²) in [7, 11) is -3.70. The van der Waals surface area contributed by atoms with Crippen LogP contribution < -0.4 is 5.32 Å². The molecule has 2 aromatic rings. The summed E-state index contributed by atoms with van der Waals surface area (Å²) in [6, 6.07) is 5.81. The summed E-state index contributed by atoms with van der Waals surface area (Å²) >= 11 is 5.79. The smallest absolute Gasteiger partial charge is 0.235 e. The van der Waals surface area contributed by atoms with Crippen molar-refractivity contribution in [3.05, 3.63) is 52.8 Å². The third-order valence-electron chi connectivity index (χ3n) is 4.79. The molecule has 3 rings (SSSR count). The number of fused-ring (bicyclic) bond motifs is 1. The highest BCUT2D eigenvalue weighted by Gasteiger charge is 2.21. The zero-order valence-electron chi connectivity index (χ0n) is 16.7. The van der Waals surface area contributed by atoms with Gasteiger partial charge >= 0.3 is 0 Å². The minimum absolute atomic E-state index is 0.0879. The average Bonchev–Trinajstić information content (AvgIpc) is 3.05. The number of aromatic nitrogens is 2. The molecule has 156 valence electrons. The monoisotopic (exact) mass is 435 g/mol. The predicted molar refractivity (Wildman–Crippen MR) is 114 cm³/mol. The van der Waals surface area contributed by atoms with Crippen LogP contribution in [0.4, 0.5) is 0 Å². The number of nitrogens with zero attached hydrogens (tertiary/aromatic N) is 2. The Morgan fingerprint density at radius 1 is 1.28 bits per heavy atom. The first-order valence-corrected chi connectivity index (χ1v) is 11.8. The number of allylic oxidation sites excluding steroid dienone is 1. The molecule has 0 fully saturated rings. The van der Waals surface area contributed by atoms with Crippen LogP contribution >= 0.6 is 11.6 Å². The van der Waals surface area contributed by atoms with E-state index < -0.39 is 21.5 Å². The molecule has 8 heteroatoms. The van der Waals surface area contributed by atoms with Crippen LogP contribution in [0.2, 0.25) is 5.02 Å². The largest absolute Gasteiger partial charge is 0.352 e. The minimum atomic E-state index is -3.70. The molecule has 1 heterocycles. The highest BCUT2D eigenvalue weighted by Crippen LogP contribution is 2.30. The van der Waals surface area contributed by atoms with E-state index in [0.29, 0.717) is 10.9 Å². The van der Waals surface area contributed by atoms with Gasteiger partial charge in [0.2, 0.25) is 5.91 Å². The number of amides is 1. The second kappa shape index (κ2) is 9.13. The van der Waals surface area contributed by atoms with Gasteiger partial charge in [-0.05, 0) is 60.6 Å². The Balaban J connectivity index is 1.64. The van der Waals surface area contributed by atoms with Gasteiger partial charge in [0.25, 0.3) is 0 Å². The van der Waals surface area contributed by atoms with Crippen molar-refractivity contribution in [2.75, 3.05) is 12.3 Å². The van der Waals surface area contributed by atoms with Crippen LogP contribution in [-0.2, 0) is 27.6 Å². The molecule has 0 saturated heterocycles.